The summed E-state index contributed by atoms with van der Waals surface area (Å²) in [6.45, 7) is 1.79. The second-order valence-electron chi connectivity index (χ2n) is 7.42. The molecule has 1 saturated heterocycles. The smallest absolute Gasteiger partial charge is 0.300 e. The summed E-state index contributed by atoms with van der Waals surface area (Å²) in [6, 6.07) is 15.8. The van der Waals surface area contributed by atoms with Crippen LogP contribution in [0.25, 0.3) is 5.76 Å². The van der Waals surface area contributed by atoms with E-state index >= 15 is 0 Å². The number of rotatable bonds is 4. The summed E-state index contributed by atoms with van der Waals surface area (Å²) >= 11 is 0. The molecule has 0 saturated carbocycles. The van der Waals surface area contributed by atoms with E-state index in [1.165, 1.54) is 19.2 Å². The van der Waals surface area contributed by atoms with Gasteiger partial charge in [0.05, 0.1) is 30.0 Å². The van der Waals surface area contributed by atoms with Crippen molar-refractivity contribution < 1.29 is 28.9 Å². The normalized spacial score (nSPS) is 17.6. The zero-order valence-corrected chi connectivity index (χ0v) is 17.4. The van der Waals surface area contributed by atoms with E-state index in [0.29, 0.717) is 5.56 Å². The SMILES string of the molecule is COc1ccc(F)cc1/C(O)=C1\C(=O)C(=O)N(c2cc(C)ccc2O)C1c1ccccc1. The van der Waals surface area contributed by atoms with Gasteiger partial charge in [0.1, 0.15) is 23.1 Å². The summed E-state index contributed by atoms with van der Waals surface area (Å²) in [5.41, 5.74) is 1.14. The van der Waals surface area contributed by atoms with E-state index in [1.807, 2.05) is 0 Å². The highest BCUT2D eigenvalue weighted by atomic mass is 19.1. The van der Waals surface area contributed by atoms with E-state index in [-0.39, 0.29) is 28.3 Å². The van der Waals surface area contributed by atoms with Gasteiger partial charge in [-0.25, -0.2) is 4.39 Å². The Hall–Kier alpha value is -4.13. The third kappa shape index (κ3) is 3.47. The molecule has 6 nitrogen and oxygen atoms in total. The van der Waals surface area contributed by atoms with Gasteiger partial charge in [-0.2, -0.15) is 0 Å². The first-order valence-corrected chi connectivity index (χ1v) is 9.83. The standard InChI is InChI=1S/C25H20FNO5/c1-14-8-10-19(28)18(12-14)27-22(15-6-4-3-5-7-15)21(24(30)25(27)31)23(29)17-13-16(26)9-11-20(17)32-2/h3-13,22,28-29H,1-2H3/b23-21+. The molecule has 1 heterocycles. The van der Waals surface area contributed by atoms with Crippen molar-refractivity contribution in [2.75, 3.05) is 12.0 Å². The van der Waals surface area contributed by atoms with Gasteiger partial charge >= 0.3 is 0 Å². The molecule has 3 aromatic rings. The van der Waals surface area contributed by atoms with Gasteiger partial charge in [0.25, 0.3) is 11.7 Å². The maximum atomic E-state index is 14.0. The summed E-state index contributed by atoms with van der Waals surface area (Å²) in [4.78, 5) is 27.4. The number of aliphatic hydroxyl groups is 1. The fourth-order valence-electron chi connectivity index (χ4n) is 3.87. The quantitative estimate of drug-likeness (QED) is 0.360. The van der Waals surface area contributed by atoms with Gasteiger partial charge in [-0.15, -0.1) is 0 Å². The molecule has 1 fully saturated rings. The molecule has 1 amide bonds. The number of amides is 1. The van der Waals surface area contributed by atoms with Gasteiger partial charge < -0.3 is 14.9 Å². The minimum Gasteiger partial charge on any atom is -0.507 e. The second kappa shape index (κ2) is 8.19. The van der Waals surface area contributed by atoms with Crippen LogP contribution in [0.15, 0.2) is 72.3 Å². The lowest BCUT2D eigenvalue weighted by Gasteiger charge is -2.26. The van der Waals surface area contributed by atoms with E-state index in [4.69, 9.17) is 4.74 Å². The molecule has 2 N–H and O–H groups in total. The molecular weight excluding hydrogens is 413 g/mol. The average molecular weight is 433 g/mol. The van der Waals surface area contributed by atoms with Crippen LogP contribution in [0.5, 0.6) is 11.5 Å². The van der Waals surface area contributed by atoms with Crippen molar-refractivity contribution in [3.63, 3.8) is 0 Å². The summed E-state index contributed by atoms with van der Waals surface area (Å²) in [7, 11) is 1.35. The molecule has 1 aliphatic rings. The highest BCUT2D eigenvalue weighted by molar-refractivity contribution is 6.52. The molecule has 0 aliphatic carbocycles. The highest BCUT2D eigenvalue weighted by Crippen LogP contribution is 2.45. The number of halogens is 1. The number of phenols is 1. The lowest BCUT2D eigenvalue weighted by molar-refractivity contribution is -0.132. The molecule has 1 unspecified atom stereocenters. The Kier molecular flexibility index (Phi) is 5.40. The number of Topliss-reactive ketones (excluding diaryl/α,β-unsaturated/α-hetero) is 1. The van der Waals surface area contributed by atoms with Crippen molar-refractivity contribution in [2.45, 2.75) is 13.0 Å². The lowest BCUT2D eigenvalue weighted by Crippen LogP contribution is -2.29. The predicted molar refractivity (Wildman–Crippen MR) is 117 cm³/mol. The van der Waals surface area contributed by atoms with E-state index in [2.05, 4.69) is 0 Å². The van der Waals surface area contributed by atoms with E-state index in [0.717, 1.165) is 22.6 Å². The number of ether oxygens (including phenoxy) is 1. The maximum absolute atomic E-state index is 14.0. The van der Waals surface area contributed by atoms with Gasteiger partial charge in [-0.3, -0.25) is 14.5 Å². The van der Waals surface area contributed by atoms with Crippen LogP contribution in [0.1, 0.15) is 22.7 Å². The third-order valence-corrected chi connectivity index (χ3v) is 5.37. The van der Waals surface area contributed by atoms with Gasteiger partial charge in [0, 0.05) is 0 Å². The Bertz CT molecular complexity index is 1250. The van der Waals surface area contributed by atoms with Crippen molar-refractivity contribution in [3.05, 3.63) is 94.8 Å². The first-order chi connectivity index (χ1) is 15.3. The van der Waals surface area contributed by atoms with Crippen LogP contribution in [-0.2, 0) is 9.59 Å². The van der Waals surface area contributed by atoms with Gasteiger partial charge in [-0.1, -0.05) is 36.4 Å². The summed E-state index contributed by atoms with van der Waals surface area (Å²) < 4.78 is 19.2. The molecule has 32 heavy (non-hydrogen) atoms. The zero-order valence-electron chi connectivity index (χ0n) is 17.4. The molecule has 0 aromatic heterocycles. The van der Waals surface area contributed by atoms with Crippen LogP contribution in [0, 0.1) is 12.7 Å². The molecule has 3 aromatic carbocycles. The number of carbonyl (C=O) groups is 2. The van der Waals surface area contributed by atoms with Crippen LogP contribution < -0.4 is 9.64 Å². The second-order valence-corrected chi connectivity index (χ2v) is 7.42. The zero-order chi connectivity index (χ0) is 23.0. The first-order valence-electron chi connectivity index (χ1n) is 9.83. The number of aliphatic hydroxyl groups excluding tert-OH is 1. The number of methoxy groups -OCH3 is 1. The Morgan fingerprint density at radius 2 is 1.75 bits per heavy atom. The molecule has 0 spiro atoms. The number of nitrogens with zero attached hydrogens (tertiary/aromatic N) is 1. The van der Waals surface area contributed by atoms with Crippen molar-refractivity contribution in [1.29, 1.82) is 0 Å². The van der Waals surface area contributed by atoms with Gasteiger partial charge in [0.15, 0.2) is 0 Å². The Morgan fingerprint density at radius 3 is 2.44 bits per heavy atom. The monoisotopic (exact) mass is 433 g/mol. The number of hydrogen-bond donors (Lipinski definition) is 2. The number of benzene rings is 3. The molecule has 4 rings (SSSR count). The number of carbonyl (C=O) groups excluding carboxylic acids is 2. The fraction of sp³-hybridized carbons (Fsp3) is 0.120. The van der Waals surface area contributed by atoms with Crippen molar-refractivity contribution in [3.8, 4) is 11.5 Å². The average Bonchev–Trinajstić information content (AvgIpc) is 3.06. The number of ketones is 1. The lowest BCUT2D eigenvalue weighted by atomic mass is 9.94. The van der Waals surface area contributed by atoms with Crippen LogP contribution in [-0.4, -0.2) is 29.0 Å². The van der Waals surface area contributed by atoms with E-state index < -0.39 is 29.3 Å². The molecular formula is C25H20FNO5. The number of hydrogen-bond acceptors (Lipinski definition) is 5. The molecule has 1 aliphatic heterocycles. The molecule has 1 atom stereocenters. The summed E-state index contributed by atoms with van der Waals surface area (Å²) in [5.74, 6) is -3.14. The van der Waals surface area contributed by atoms with Crippen molar-refractivity contribution in [2.24, 2.45) is 0 Å². The summed E-state index contributed by atoms with van der Waals surface area (Å²) in [6.07, 6.45) is 0. The van der Waals surface area contributed by atoms with Gasteiger partial charge in [-0.05, 0) is 48.4 Å². The van der Waals surface area contributed by atoms with E-state index in [9.17, 15) is 24.2 Å². The maximum Gasteiger partial charge on any atom is 0.300 e. The summed E-state index contributed by atoms with van der Waals surface area (Å²) in [5, 5.41) is 21.6. The van der Waals surface area contributed by atoms with Crippen LogP contribution in [0.4, 0.5) is 10.1 Å². The van der Waals surface area contributed by atoms with Crippen molar-refractivity contribution >= 4 is 23.1 Å². The van der Waals surface area contributed by atoms with Crippen LogP contribution in [0.3, 0.4) is 0 Å². The van der Waals surface area contributed by atoms with Crippen molar-refractivity contribution in [1.82, 2.24) is 0 Å². The molecule has 7 heteroatoms. The topological polar surface area (TPSA) is 87.1 Å². The molecule has 0 radical (unpaired) electrons. The highest BCUT2D eigenvalue weighted by Gasteiger charge is 2.48. The Balaban J connectivity index is 2.01. The number of anilines is 1. The fourth-order valence-corrected chi connectivity index (χ4v) is 3.87. The van der Waals surface area contributed by atoms with Gasteiger partial charge in [0.2, 0.25) is 0 Å². The van der Waals surface area contributed by atoms with Crippen LogP contribution in [0.2, 0.25) is 0 Å². The largest absolute Gasteiger partial charge is 0.507 e. The first kappa shape index (κ1) is 21.1. The van der Waals surface area contributed by atoms with Crippen LogP contribution >= 0.6 is 0 Å². The Labute approximate surface area is 183 Å². The third-order valence-electron chi connectivity index (χ3n) is 5.37. The molecule has 0 bridgehead atoms. The number of phenolic OH excluding ortho intramolecular Hbond substituents is 1. The predicted octanol–water partition coefficient (Wildman–Crippen LogP) is 4.47. The molecule has 162 valence electrons. The Morgan fingerprint density at radius 1 is 1.03 bits per heavy atom. The minimum atomic E-state index is -1.04. The minimum absolute atomic E-state index is 0.0557. The number of aromatic hydroxyl groups is 1. The number of aryl methyl sites for hydroxylation is 1. The van der Waals surface area contributed by atoms with E-state index in [1.54, 1.807) is 49.4 Å².